The quantitative estimate of drug-likeness (QED) is 0.314. The molecule has 0 aromatic carbocycles. The fraction of sp³-hybridized carbons (Fsp3) is 0.850. The van der Waals surface area contributed by atoms with E-state index in [-0.39, 0.29) is 6.42 Å². The highest BCUT2D eigenvalue weighted by Crippen LogP contribution is 2.84. The van der Waals surface area contributed by atoms with E-state index in [1.54, 1.807) is 0 Å². The molecule has 0 unspecified atom stereocenters. The summed E-state index contributed by atoms with van der Waals surface area (Å²) in [7, 11) is 0. The van der Waals surface area contributed by atoms with E-state index in [0.717, 1.165) is 0 Å². The van der Waals surface area contributed by atoms with Crippen LogP contribution in [0.1, 0.15) is 34.1 Å². The van der Waals surface area contributed by atoms with Gasteiger partial charge in [0.25, 0.3) is 0 Å². The Morgan fingerprint density at radius 1 is 1.03 bits per heavy atom. The first-order chi connectivity index (χ1) is 13.8. The van der Waals surface area contributed by atoms with Gasteiger partial charge in [0.1, 0.15) is 12.2 Å². The van der Waals surface area contributed by atoms with Gasteiger partial charge in [-0.05, 0) is 24.7 Å². The molecule has 10 heteroatoms. The Balaban J connectivity index is 1.72. The number of rotatable bonds is 0. The number of esters is 3. The molecule has 4 saturated heterocycles. The van der Waals surface area contributed by atoms with Gasteiger partial charge in [-0.1, -0.05) is 20.8 Å². The third-order valence-electron chi connectivity index (χ3n) is 9.00. The first-order valence-corrected chi connectivity index (χ1v) is 10.2. The Hall–Kier alpha value is -1.75. The lowest BCUT2D eigenvalue weighted by atomic mass is 9.51. The maximum atomic E-state index is 13.4. The lowest BCUT2D eigenvalue weighted by Crippen LogP contribution is -2.67. The maximum absolute atomic E-state index is 13.4. The maximum Gasteiger partial charge on any atom is 0.343 e. The van der Waals surface area contributed by atoms with Crippen LogP contribution in [0.4, 0.5) is 0 Å². The standard InChI is InChI=1S/C20H24O10/c1-6-12(23)28-11-9(21)18-8-5-7(16(2,3)4)17(18)10(22)13(24)29-15(17)30-20(18,14(25)27-8)19(6,11)26/h6-11,15,21-22,26H,5H2,1-4H3/t6-,7+,8-,9+,10+,11-,15+,17+,18+,19-,20-/m1/s1. The molecule has 0 aromatic rings. The Morgan fingerprint density at radius 2 is 1.70 bits per heavy atom. The van der Waals surface area contributed by atoms with Gasteiger partial charge in [-0.2, -0.15) is 0 Å². The molecule has 30 heavy (non-hydrogen) atoms. The summed E-state index contributed by atoms with van der Waals surface area (Å²) in [5.41, 5.74) is -8.26. The number of aliphatic hydroxyl groups is 3. The second-order valence-electron chi connectivity index (χ2n) is 10.7. The number of carbonyl (C=O) groups excluding carboxylic acids is 3. The van der Waals surface area contributed by atoms with Crippen molar-refractivity contribution in [3.63, 3.8) is 0 Å². The highest BCUT2D eigenvalue weighted by molar-refractivity contribution is 5.94. The molecular formula is C20H24O10. The molecule has 164 valence electrons. The van der Waals surface area contributed by atoms with Gasteiger partial charge in [0.05, 0.1) is 16.7 Å². The van der Waals surface area contributed by atoms with E-state index in [2.05, 4.69) is 0 Å². The number of hydrogen-bond acceptors (Lipinski definition) is 10. The van der Waals surface area contributed by atoms with Crippen molar-refractivity contribution in [3.8, 4) is 0 Å². The van der Waals surface area contributed by atoms with E-state index in [1.807, 2.05) is 20.8 Å². The monoisotopic (exact) mass is 424 g/mol. The minimum Gasteiger partial charge on any atom is -0.459 e. The third kappa shape index (κ3) is 1.33. The zero-order valence-electron chi connectivity index (χ0n) is 16.9. The van der Waals surface area contributed by atoms with Crippen molar-refractivity contribution in [1.82, 2.24) is 0 Å². The molecule has 0 aromatic heterocycles. The van der Waals surface area contributed by atoms with Crippen LogP contribution in [0.2, 0.25) is 0 Å². The second-order valence-corrected chi connectivity index (χ2v) is 10.7. The van der Waals surface area contributed by atoms with E-state index in [4.69, 9.17) is 18.9 Å². The van der Waals surface area contributed by atoms with E-state index in [0.29, 0.717) is 0 Å². The predicted molar refractivity (Wildman–Crippen MR) is 92.0 cm³/mol. The van der Waals surface area contributed by atoms with Crippen LogP contribution in [0, 0.1) is 28.1 Å². The highest BCUT2D eigenvalue weighted by Gasteiger charge is 3.03. The summed E-state index contributed by atoms with van der Waals surface area (Å²) in [6, 6.07) is 0. The number of fused-ring (bicyclic) bond motifs is 1. The molecule has 6 rings (SSSR count). The van der Waals surface area contributed by atoms with Gasteiger partial charge in [-0.25, -0.2) is 9.59 Å². The molecule has 0 amide bonds. The molecule has 2 saturated carbocycles. The summed E-state index contributed by atoms with van der Waals surface area (Å²) in [4.78, 5) is 38.2. The molecule has 6 aliphatic rings. The third-order valence-corrected chi connectivity index (χ3v) is 9.00. The van der Waals surface area contributed by atoms with Crippen molar-refractivity contribution in [3.05, 3.63) is 0 Å². The van der Waals surface area contributed by atoms with Crippen molar-refractivity contribution in [2.45, 2.75) is 76.0 Å². The van der Waals surface area contributed by atoms with Gasteiger partial charge in [0.2, 0.25) is 11.9 Å². The smallest absolute Gasteiger partial charge is 0.343 e. The summed E-state index contributed by atoms with van der Waals surface area (Å²) < 4.78 is 22.5. The molecular weight excluding hydrogens is 400 g/mol. The lowest BCUT2D eigenvalue weighted by Gasteiger charge is -2.47. The summed E-state index contributed by atoms with van der Waals surface area (Å²) >= 11 is 0. The fourth-order valence-corrected chi connectivity index (χ4v) is 8.12. The normalized spacial score (nSPS) is 60.1. The van der Waals surface area contributed by atoms with Crippen molar-refractivity contribution in [2.75, 3.05) is 0 Å². The Morgan fingerprint density at radius 3 is 2.33 bits per heavy atom. The average molecular weight is 424 g/mol. The average Bonchev–Trinajstić information content (AvgIpc) is 3.35. The first kappa shape index (κ1) is 19.0. The van der Waals surface area contributed by atoms with Gasteiger partial charge >= 0.3 is 17.9 Å². The van der Waals surface area contributed by atoms with Crippen LogP contribution in [0.5, 0.6) is 0 Å². The Kier molecular flexibility index (Phi) is 2.97. The van der Waals surface area contributed by atoms with Gasteiger partial charge in [-0.15, -0.1) is 0 Å². The van der Waals surface area contributed by atoms with Gasteiger partial charge in [0, 0.05) is 0 Å². The van der Waals surface area contributed by atoms with Gasteiger partial charge < -0.3 is 34.3 Å². The van der Waals surface area contributed by atoms with Gasteiger partial charge in [-0.3, -0.25) is 4.79 Å². The summed E-state index contributed by atoms with van der Waals surface area (Å²) in [5, 5.41) is 34.7. The minimum atomic E-state index is -2.24. The van der Waals surface area contributed by atoms with Crippen molar-refractivity contribution in [2.24, 2.45) is 28.1 Å². The summed E-state index contributed by atoms with van der Waals surface area (Å²) in [6.07, 6.45) is -6.91. The van der Waals surface area contributed by atoms with Crippen LogP contribution in [-0.2, 0) is 33.3 Å². The molecule has 4 aliphatic heterocycles. The van der Waals surface area contributed by atoms with Crippen LogP contribution >= 0.6 is 0 Å². The highest BCUT2D eigenvalue weighted by atomic mass is 16.8. The Labute approximate surface area is 171 Å². The van der Waals surface area contributed by atoms with E-state index in [9.17, 15) is 29.7 Å². The topological polar surface area (TPSA) is 149 Å². The molecule has 0 radical (unpaired) electrons. The van der Waals surface area contributed by atoms with Crippen molar-refractivity contribution >= 4 is 17.9 Å². The van der Waals surface area contributed by atoms with E-state index >= 15 is 0 Å². The molecule has 10 nitrogen and oxygen atoms in total. The molecule has 4 heterocycles. The lowest BCUT2D eigenvalue weighted by molar-refractivity contribution is -0.239. The molecule has 2 spiro atoms. The predicted octanol–water partition coefficient (Wildman–Crippen LogP) is -1.37. The van der Waals surface area contributed by atoms with Crippen LogP contribution in [0.15, 0.2) is 0 Å². The fourth-order valence-electron chi connectivity index (χ4n) is 8.12. The largest absolute Gasteiger partial charge is 0.459 e. The van der Waals surface area contributed by atoms with Crippen LogP contribution in [0.25, 0.3) is 0 Å². The zero-order valence-corrected chi connectivity index (χ0v) is 16.9. The second kappa shape index (κ2) is 4.69. The van der Waals surface area contributed by atoms with Gasteiger partial charge in [0.15, 0.2) is 17.8 Å². The van der Waals surface area contributed by atoms with E-state index in [1.165, 1.54) is 6.92 Å². The first-order valence-electron chi connectivity index (χ1n) is 10.2. The molecule has 3 N–H and O–H groups in total. The van der Waals surface area contributed by atoms with Crippen molar-refractivity contribution < 1.29 is 48.7 Å². The van der Waals surface area contributed by atoms with Crippen LogP contribution in [0.3, 0.4) is 0 Å². The number of hydrogen-bond donors (Lipinski definition) is 3. The van der Waals surface area contributed by atoms with E-state index < -0.39 is 87.9 Å². The van der Waals surface area contributed by atoms with Crippen LogP contribution < -0.4 is 0 Å². The van der Waals surface area contributed by atoms with Crippen LogP contribution in [-0.4, -0.2) is 75.1 Å². The molecule has 2 aliphatic carbocycles. The van der Waals surface area contributed by atoms with Crippen molar-refractivity contribution in [1.29, 1.82) is 0 Å². The number of carbonyl (C=O) groups is 3. The number of ether oxygens (including phenoxy) is 4. The summed E-state index contributed by atoms with van der Waals surface area (Å²) in [6.45, 7) is 7.14. The minimum absolute atomic E-state index is 0.229. The Bertz CT molecular complexity index is 925. The molecule has 6 fully saturated rings. The number of aliphatic hydroxyl groups excluding tert-OH is 2. The SMILES string of the molecule is C[C@@H]1C(=O)O[C@@H]2[C@H](O)[C@@]34[C@H]5C[C@@H](C(C)(C)C)[C@]36[C@@H](OC(=O)[C@@H]6O)O[C@@]4(C(=O)O5)[C@@]12O. The molecule has 0 bridgehead atoms. The summed E-state index contributed by atoms with van der Waals surface area (Å²) in [5.74, 6) is -4.32. The molecule has 11 atom stereocenters. The zero-order chi connectivity index (χ0) is 21.8.